The molecule has 3 aromatic rings. The molecule has 0 aliphatic carbocycles. The minimum absolute atomic E-state index is 0.136. The summed E-state index contributed by atoms with van der Waals surface area (Å²) in [5, 5.41) is 1.21. The van der Waals surface area contributed by atoms with Crippen molar-refractivity contribution in [3.8, 4) is 22.6 Å². The van der Waals surface area contributed by atoms with Crippen LogP contribution < -0.4 is 9.47 Å². The third-order valence-corrected chi connectivity index (χ3v) is 3.80. The summed E-state index contributed by atoms with van der Waals surface area (Å²) in [6, 6.07) is 11.5. The van der Waals surface area contributed by atoms with E-state index in [9.17, 15) is 0 Å². The number of methoxy groups -OCH3 is 2. The van der Waals surface area contributed by atoms with Crippen molar-refractivity contribution in [2.75, 3.05) is 14.2 Å². The highest BCUT2D eigenvalue weighted by molar-refractivity contribution is 6.35. The molecule has 6 heteroatoms. The molecular formula is C16H12Cl2N2O2. The van der Waals surface area contributed by atoms with Gasteiger partial charge < -0.3 is 9.47 Å². The van der Waals surface area contributed by atoms with E-state index >= 15 is 0 Å². The van der Waals surface area contributed by atoms with E-state index in [4.69, 9.17) is 32.7 Å². The molecule has 2 aromatic carbocycles. The van der Waals surface area contributed by atoms with Crippen LogP contribution >= 0.6 is 23.2 Å². The lowest BCUT2D eigenvalue weighted by molar-refractivity contribution is 0.355. The van der Waals surface area contributed by atoms with Gasteiger partial charge in [-0.3, -0.25) is 0 Å². The number of rotatable bonds is 3. The first-order chi connectivity index (χ1) is 10.6. The Morgan fingerprint density at radius 2 is 1.50 bits per heavy atom. The summed E-state index contributed by atoms with van der Waals surface area (Å²) in [7, 11) is 3.21. The van der Waals surface area contributed by atoms with E-state index in [-0.39, 0.29) is 5.28 Å². The maximum absolute atomic E-state index is 6.15. The third kappa shape index (κ3) is 2.67. The summed E-state index contributed by atoms with van der Waals surface area (Å²) in [5.41, 5.74) is 2.65. The SMILES string of the molecule is COc1ccc(-c2ccc3nc(Cl)nc(Cl)c3c2)cc1OC. The zero-order valence-electron chi connectivity index (χ0n) is 11.9. The average molecular weight is 335 g/mol. The molecular weight excluding hydrogens is 323 g/mol. The first kappa shape index (κ1) is 14.9. The fourth-order valence-corrected chi connectivity index (χ4v) is 2.71. The van der Waals surface area contributed by atoms with Crippen LogP contribution in [0.25, 0.3) is 22.0 Å². The highest BCUT2D eigenvalue weighted by atomic mass is 35.5. The van der Waals surface area contributed by atoms with Gasteiger partial charge in [0.05, 0.1) is 19.7 Å². The van der Waals surface area contributed by atoms with Gasteiger partial charge in [-0.05, 0) is 47.0 Å². The van der Waals surface area contributed by atoms with Crippen LogP contribution in [0.2, 0.25) is 10.4 Å². The fourth-order valence-electron chi connectivity index (χ4n) is 2.26. The Morgan fingerprint density at radius 1 is 0.818 bits per heavy atom. The molecule has 0 radical (unpaired) electrons. The molecule has 1 heterocycles. The average Bonchev–Trinajstić information content (AvgIpc) is 2.53. The number of fused-ring (bicyclic) bond motifs is 1. The smallest absolute Gasteiger partial charge is 0.224 e. The Labute approximate surface area is 137 Å². The number of hydrogen-bond acceptors (Lipinski definition) is 4. The van der Waals surface area contributed by atoms with Gasteiger partial charge in [0.1, 0.15) is 5.15 Å². The van der Waals surface area contributed by atoms with Gasteiger partial charge in [0.25, 0.3) is 0 Å². The van der Waals surface area contributed by atoms with Crippen molar-refractivity contribution in [1.82, 2.24) is 9.97 Å². The van der Waals surface area contributed by atoms with E-state index in [1.54, 1.807) is 14.2 Å². The van der Waals surface area contributed by atoms with Crippen LogP contribution in [0.1, 0.15) is 0 Å². The minimum Gasteiger partial charge on any atom is -0.493 e. The zero-order chi connectivity index (χ0) is 15.7. The normalized spacial score (nSPS) is 10.7. The van der Waals surface area contributed by atoms with E-state index in [0.29, 0.717) is 22.2 Å². The van der Waals surface area contributed by atoms with Gasteiger partial charge in [-0.25, -0.2) is 9.97 Å². The Morgan fingerprint density at radius 3 is 2.23 bits per heavy atom. The molecule has 4 nitrogen and oxygen atoms in total. The zero-order valence-corrected chi connectivity index (χ0v) is 13.4. The molecule has 0 spiro atoms. The Balaban J connectivity index is 2.14. The van der Waals surface area contributed by atoms with Gasteiger partial charge in [-0.15, -0.1) is 0 Å². The second-order valence-electron chi connectivity index (χ2n) is 4.59. The predicted molar refractivity (Wildman–Crippen MR) is 88.1 cm³/mol. The van der Waals surface area contributed by atoms with Gasteiger partial charge in [0.15, 0.2) is 11.5 Å². The summed E-state index contributed by atoms with van der Waals surface area (Å²) in [6.07, 6.45) is 0. The van der Waals surface area contributed by atoms with Crippen molar-refractivity contribution >= 4 is 34.1 Å². The van der Waals surface area contributed by atoms with Crippen molar-refractivity contribution in [2.24, 2.45) is 0 Å². The van der Waals surface area contributed by atoms with Gasteiger partial charge in [-0.2, -0.15) is 0 Å². The molecule has 0 unspecified atom stereocenters. The monoisotopic (exact) mass is 334 g/mol. The molecule has 1 aromatic heterocycles. The molecule has 3 rings (SSSR count). The molecule has 0 aliphatic rings. The Hall–Kier alpha value is -2.04. The predicted octanol–water partition coefficient (Wildman–Crippen LogP) is 4.62. The Bertz CT molecular complexity index is 853. The van der Waals surface area contributed by atoms with Crippen LogP contribution in [0.5, 0.6) is 11.5 Å². The van der Waals surface area contributed by atoms with E-state index in [1.165, 1.54) is 0 Å². The largest absolute Gasteiger partial charge is 0.493 e. The van der Waals surface area contributed by atoms with Gasteiger partial charge in [0.2, 0.25) is 5.28 Å². The van der Waals surface area contributed by atoms with Crippen LogP contribution in [0, 0.1) is 0 Å². The molecule has 0 atom stereocenters. The van der Waals surface area contributed by atoms with E-state index in [0.717, 1.165) is 16.5 Å². The van der Waals surface area contributed by atoms with Crippen molar-refractivity contribution in [3.63, 3.8) is 0 Å². The summed E-state index contributed by atoms with van der Waals surface area (Å²) in [4.78, 5) is 8.13. The van der Waals surface area contributed by atoms with Crippen molar-refractivity contribution < 1.29 is 9.47 Å². The number of halogens is 2. The topological polar surface area (TPSA) is 44.2 Å². The van der Waals surface area contributed by atoms with Gasteiger partial charge in [0, 0.05) is 5.39 Å². The lowest BCUT2D eigenvalue weighted by Crippen LogP contribution is -1.91. The summed E-state index contributed by atoms with van der Waals surface area (Å²) in [5.74, 6) is 1.35. The van der Waals surface area contributed by atoms with Crippen LogP contribution in [-0.4, -0.2) is 24.2 Å². The van der Waals surface area contributed by atoms with Crippen LogP contribution in [-0.2, 0) is 0 Å². The molecule has 112 valence electrons. The quantitative estimate of drug-likeness (QED) is 0.517. The Kier molecular flexibility index (Phi) is 4.05. The van der Waals surface area contributed by atoms with Gasteiger partial charge >= 0.3 is 0 Å². The molecule has 0 N–H and O–H groups in total. The van der Waals surface area contributed by atoms with Crippen LogP contribution in [0.15, 0.2) is 36.4 Å². The second kappa shape index (κ2) is 5.99. The maximum atomic E-state index is 6.15. The standard InChI is InChI=1S/C16H12Cl2N2O2/c1-21-13-6-4-10(8-14(13)22-2)9-3-5-12-11(7-9)15(17)20-16(18)19-12/h3-8H,1-2H3. The summed E-state index contributed by atoms with van der Waals surface area (Å²) < 4.78 is 10.6. The summed E-state index contributed by atoms with van der Waals surface area (Å²) in [6.45, 7) is 0. The lowest BCUT2D eigenvalue weighted by atomic mass is 10.0. The van der Waals surface area contributed by atoms with Crippen molar-refractivity contribution in [2.45, 2.75) is 0 Å². The van der Waals surface area contributed by atoms with Gasteiger partial charge in [-0.1, -0.05) is 23.7 Å². The first-order valence-electron chi connectivity index (χ1n) is 6.47. The number of aromatic nitrogens is 2. The minimum atomic E-state index is 0.136. The highest BCUT2D eigenvalue weighted by Crippen LogP contribution is 2.34. The van der Waals surface area contributed by atoms with Crippen molar-refractivity contribution in [1.29, 1.82) is 0 Å². The fraction of sp³-hybridized carbons (Fsp3) is 0.125. The van der Waals surface area contributed by atoms with E-state index < -0.39 is 0 Å². The van der Waals surface area contributed by atoms with Crippen molar-refractivity contribution in [3.05, 3.63) is 46.8 Å². The molecule has 22 heavy (non-hydrogen) atoms. The van der Waals surface area contributed by atoms with Crippen LogP contribution in [0.4, 0.5) is 0 Å². The number of ether oxygens (including phenoxy) is 2. The molecule has 0 saturated carbocycles. The number of nitrogens with zero attached hydrogens (tertiary/aromatic N) is 2. The van der Waals surface area contributed by atoms with E-state index in [1.807, 2.05) is 36.4 Å². The molecule has 0 fully saturated rings. The highest BCUT2D eigenvalue weighted by Gasteiger charge is 2.09. The molecule has 0 saturated heterocycles. The second-order valence-corrected chi connectivity index (χ2v) is 5.28. The lowest BCUT2D eigenvalue weighted by Gasteiger charge is -2.10. The third-order valence-electron chi connectivity index (χ3n) is 3.34. The number of benzene rings is 2. The van der Waals surface area contributed by atoms with E-state index in [2.05, 4.69) is 9.97 Å². The first-order valence-corrected chi connectivity index (χ1v) is 7.23. The summed E-state index contributed by atoms with van der Waals surface area (Å²) >= 11 is 12.0. The molecule has 0 amide bonds. The maximum Gasteiger partial charge on any atom is 0.224 e. The molecule has 0 bridgehead atoms. The van der Waals surface area contributed by atoms with Crippen LogP contribution in [0.3, 0.4) is 0 Å². The number of hydrogen-bond donors (Lipinski definition) is 0. The molecule has 0 aliphatic heterocycles.